The number of ether oxygens (including phenoxy) is 2. The SMILES string of the molecule is CCOc1ccc(/C=N\NC(=O)Cc2c(C)[nH]c(=O)[nH]c2=O)cc1OC. The Kier molecular flexibility index (Phi) is 6.31. The molecule has 1 amide bonds. The summed E-state index contributed by atoms with van der Waals surface area (Å²) < 4.78 is 10.7. The van der Waals surface area contributed by atoms with Gasteiger partial charge in [0.05, 0.1) is 26.4 Å². The molecule has 138 valence electrons. The predicted octanol–water partition coefficient (Wildman–Crippen LogP) is 0.472. The molecule has 0 saturated carbocycles. The molecule has 0 atom stereocenters. The summed E-state index contributed by atoms with van der Waals surface area (Å²) in [4.78, 5) is 39.3. The van der Waals surface area contributed by atoms with Crippen LogP contribution in [0.1, 0.15) is 23.7 Å². The lowest BCUT2D eigenvalue weighted by molar-refractivity contribution is -0.120. The zero-order chi connectivity index (χ0) is 19.1. The van der Waals surface area contributed by atoms with E-state index in [2.05, 4.69) is 20.5 Å². The Morgan fingerprint density at radius 1 is 1.27 bits per heavy atom. The summed E-state index contributed by atoms with van der Waals surface area (Å²) in [6.45, 7) is 3.94. The topological polar surface area (TPSA) is 126 Å². The van der Waals surface area contributed by atoms with Crippen molar-refractivity contribution < 1.29 is 14.3 Å². The second-order valence-electron chi connectivity index (χ2n) is 5.33. The molecule has 2 rings (SSSR count). The summed E-state index contributed by atoms with van der Waals surface area (Å²) in [6.07, 6.45) is 1.24. The number of H-pyrrole nitrogens is 2. The number of carbonyl (C=O) groups is 1. The number of aromatic nitrogens is 2. The van der Waals surface area contributed by atoms with E-state index in [0.29, 0.717) is 29.4 Å². The van der Waals surface area contributed by atoms with Crippen molar-refractivity contribution in [1.82, 2.24) is 15.4 Å². The van der Waals surface area contributed by atoms with Gasteiger partial charge in [0.15, 0.2) is 11.5 Å². The third-order valence-electron chi connectivity index (χ3n) is 3.48. The third-order valence-corrected chi connectivity index (χ3v) is 3.48. The molecule has 0 aliphatic heterocycles. The number of rotatable bonds is 7. The van der Waals surface area contributed by atoms with Crippen LogP contribution in [-0.4, -0.2) is 35.8 Å². The van der Waals surface area contributed by atoms with Gasteiger partial charge >= 0.3 is 5.69 Å². The molecule has 3 N–H and O–H groups in total. The maximum Gasteiger partial charge on any atom is 0.325 e. The Morgan fingerprint density at radius 2 is 2.04 bits per heavy atom. The molecular weight excluding hydrogens is 340 g/mol. The van der Waals surface area contributed by atoms with Crippen LogP contribution in [0.25, 0.3) is 0 Å². The molecule has 0 aliphatic rings. The number of nitrogens with one attached hydrogen (secondary N) is 3. The van der Waals surface area contributed by atoms with Crippen LogP contribution in [0.4, 0.5) is 0 Å². The third kappa shape index (κ3) is 4.82. The molecule has 26 heavy (non-hydrogen) atoms. The van der Waals surface area contributed by atoms with Gasteiger partial charge in [0.2, 0.25) is 5.91 Å². The fraction of sp³-hybridized carbons (Fsp3) is 0.294. The highest BCUT2D eigenvalue weighted by molar-refractivity contribution is 5.84. The van der Waals surface area contributed by atoms with Crippen molar-refractivity contribution in [2.75, 3.05) is 13.7 Å². The summed E-state index contributed by atoms with van der Waals surface area (Å²) >= 11 is 0. The molecule has 0 saturated heterocycles. The van der Waals surface area contributed by atoms with Gasteiger partial charge < -0.3 is 14.5 Å². The largest absolute Gasteiger partial charge is 0.493 e. The van der Waals surface area contributed by atoms with Crippen LogP contribution in [0.2, 0.25) is 0 Å². The molecule has 0 radical (unpaired) electrons. The van der Waals surface area contributed by atoms with Crippen molar-refractivity contribution in [3.63, 3.8) is 0 Å². The van der Waals surface area contributed by atoms with Gasteiger partial charge in [-0.1, -0.05) is 0 Å². The number of amides is 1. The van der Waals surface area contributed by atoms with Crippen molar-refractivity contribution in [3.8, 4) is 11.5 Å². The van der Waals surface area contributed by atoms with Crippen molar-refractivity contribution in [2.45, 2.75) is 20.3 Å². The number of hydrogen-bond acceptors (Lipinski definition) is 6. The van der Waals surface area contributed by atoms with Crippen LogP contribution in [0.3, 0.4) is 0 Å². The van der Waals surface area contributed by atoms with Crippen molar-refractivity contribution in [3.05, 3.63) is 55.9 Å². The van der Waals surface area contributed by atoms with E-state index in [0.717, 1.165) is 0 Å². The zero-order valence-corrected chi connectivity index (χ0v) is 14.7. The fourth-order valence-corrected chi connectivity index (χ4v) is 2.26. The minimum atomic E-state index is -0.612. The monoisotopic (exact) mass is 360 g/mol. The van der Waals surface area contributed by atoms with Gasteiger partial charge in [0, 0.05) is 11.3 Å². The fourth-order valence-electron chi connectivity index (χ4n) is 2.26. The van der Waals surface area contributed by atoms with E-state index in [1.54, 1.807) is 25.1 Å². The van der Waals surface area contributed by atoms with Gasteiger partial charge in [0.25, 0.3) is 5.56 Å². The summed E-state index contributed by atoms with van der Waals surface area (Å²) in [7, 11) is 1.53. The minimum absolute atomic E-state index is 0.181. The van der Waals surface area contributed by atoms with Crippen molar-refractivity contribution in [1.29, 1.82) is 0 Å². The number of benzene rings is 1. The van der Waals surface area contributed by atoms with Crippen LogP contribution >= 0.6 is 0 Å². The average molecular weight is 360 g/mol. The highest BCUT2D eigenvalue weighted by Gasteiger charge is 2.10. The van der Waals surface area contributed by atoms with E-state index in [4.69, 9.17) is 9.47 Å². The predicted molar refractivity (Wildman–Crippen MR) is 96.0 cm³/mol. The molecule has 0 fully saturated rings. The Morgan fingerprint density at radius 3 is 2.69 bits per heavy atom. The van der Waals surface area contributed by atoms with Crippen molar-refractivity contribution >= 4 is 12.1 Å². The van der Waals surface area contributed by atoms with E-state index >= 15 is 0 Å². The first kappa shape index (κ1) is 19.0. The first-order chi connectivity index (χ1) is 12.4. The Hall–Kier alpha value is -3.36. The molecule has 0 spiro atoms. The smallest absolute Gasteiger partial charge is 0.325 e. The highest BCUT2D eigenvalue weighted by Crippen LogP contribution is 2.27. The molecule has 1 aromatic carbocycles. The first-order valence-electron chi connectivity index (χ1n) is 7.89. The number of aromatic amines is 2. The number of aryl methyl sites for hydroxylation is 1. The second-order valence-corrected chi connectivity index (χ2v) is 5.33. The number of nitrogens with zero attached hydrogens (tertiary/aromatic N) is 1. The number of carbonyl (C=O) groups excluding carboxylic acids is 1. The molecule has 1 aromatic heterocycles. The van der Waals surface area contributed by atoms with Crippen molar-refractivity contribution in [2.24, 2.45) is 5.10 Å². The highest BCUT2D eigenvalue weighted by atomic mass is 16.5. The molecule has 1 heterocycles. The van der Waals surface area contributed by atoms with E-state index < -0.39 is 17.2 Å². The van der Waals surface area contributed by atoms with Gasteiger partial charge in [-0.25, -0.2) is 10.2 Å². The molecule has 0 bridgehead atoms. The van der Waals surface area contributed by atoms with Crippen LogP contribution in [0.15, 0.2) is 32.9 Å². The Labute approximate surface area is 149 Å². The van der Waals surface area contributed by atoms with E-state index in [-0.39, 0.29) is 12.0 Å². The molecule has 0 unspecified atom stereocenters. The standard InChI is InChI=1S/C17H20N4O5/c1-4-26-13-6-5-11(7-14(13)25-3)9-18-21-15(22)8-12-10(2)19-17(24)20-16(12)23/h5-7,9H,4,8H2,1-3H3,(H,21,22)(H2,19,20,23,24)/b18-9-. The van der Waals surface area contributed by atoms with Gasteiger partial charge in [-0.15, -0.1) is 0 Å². The Bertz CT molecular complexity index is 929. The molecule has 2 aromatic rings. The lowest BCUT2D eigenvalue weighted by atomic mass is 10.1. The molecule has 0 aliphatic carbocycles. The summed E-state index contributed by atoms with van der Waals surface area (Å²) in [5.74, 6) is 0.682. The maximum absolute atomic E-state index is 11.9. The van der Waals surface area contributed by atoms with Gasteiger partial charge in [-0.3, -0.25) is 14.6 Å². The van der Waals surface area contributed by atoms with Gasteiger partial charge in [0.1, 0.15) is 0 Å². The summed E-state index contributed by atoms with van der Waals surface area (Å²) in [6, 6.07) is 5.23. The second kappa shape index (κ2) is 8.65. The summed E-state index contributed by atoms with van der Waals surface area (Å²) in [5, 5.41) is 3.86. The van der Waals surface area contributed by atoms with Crippen LogP contribution in [-0.2, 0) is 11.2 Å². The molecule has 9 nitrogen and oxygen atoms in total. The van der Waals surface area contributed by atoms with Gasteiger partial charge in [-0.2, -0.15) is 5.10 Å². The van der Waals surface area contributed by atoms with Crippen LogP contribution < -0.4 is 26.1 Å². The quantitative estimate of drug-likeness (QED) is 0.489. The zero-order valence-electron chi connectivity index (χ0n) is 14.7. The average Bonchev–Trinajstić information content (AvgIpc) is 2.59. The molecular formula is C17H20N4O5. The lowest BCUT2D eigenvalue weighted by Gasteiger charge is -2.09. The van der Waals surface area contributed by atoms with Gasteiger partial charge in [-0.05, 0) is 37.6 Å². The van der Waals surface area contributed by atoms with E-state index in [1.165, 1.54) is 13.3 Å². The minimum Gasteiger partial charge on any atom is -0.493 e. The Balaban J connectivity index is 2.03. The van der Waals surface area contributed by atoms with Crippen LogP contribution in [0, 0.1) is 6.92 Å². The van der Waals surface area contributed by atoms with E-state index in [1.807, 2.05) is 6.92 Å². The number of hydrogen-bond donors (Lipinski definition) is 3. The first-order valence-corrected chi connectivity index (χ1v) is 7.89. The summed E-state index contributed by atoms with van der Waals surface area (Å²) in [5.41, 5.74) is 2.35. The normalized spacial score (nSPS) is 10.7. The molecule has 9 heteroatoms. The number of methoxy groups -OCH3 is 1. The van der Waals surface area contributed by atoms with E-state index in [9.17, 15) is 14.4 Å². The number of hydrazone groups is 1. The lowest BCUT2D eigenvalue weighted by Crippen LogP contribution is -2.30. The maximum atomic E-state index is 11.9. The van der Waals surface area contributed by atoms with Crippen LogP contribution in [0.5, 0.6) is 11.5 Å².